The van der Waals surface area contributed by atoms with E-state index in [9.17, 15) is 4.79 Å². The lowest BCUT2D eigenvalue weighted by atomic mass is 9.88. The standard InChI is InChI=1S/C17H25NO2S/c1-16(2,3)20-15(19)18-12-10-17(21-4,11-13-18)14-8-6-5-7-9-14/h5-9H,10-13H2,1-4H3. The molecule has 0 unspecified atom stereocenters. The molecule has 0 saturated carbocycles. The molecule has 1 amide bonds. The molecule has 0 atom stereocenters. The summed E-state index contributed by atoms with van der Waals surface area (Å²) in [5, 5.41) is 0. The monoisotopic (exact) mass is 307 g/mol. The zero-order chi connectivity index (χ0) is 15.5. The Morgan fingerprint density at radius 3 is 2.24 bits per heavy atom. The molecule has 0 spiro atoms. The van der Waals surface area contributed by atoms with Crippen LogP contribution in [-0.2, 0) is 9.48 Å². The van der Waals surface area contributed by atoms with Gasteiger partial charge in [-0.1, -0.05) is 30.3 Å². The summed E-state index contributed by atoms with van der Waals surface area (Å²) in [5.74, 6) is 0. The normalized spacial score (nSPS) is 18.4. The van der Waals surface area contributed by atoms with Crippen LogP contribution in [0.5, 0.6) is 0 Å². The number of amides is 1. The highest BCUT2D eigenvalue weighted by Gasteiger charge is 2.37. The van der Waals surface area contributed by atoms with Gasteiger partial charge in [0, 0.05) is 17.8 Å². The van der Waals surface area contributed by atoms with E-state index >= 15 is 0 Å². The summed E-state index contributed by atoms with van der Waals surface area (Å²) in [7, 11) is 0. The SMILES string of the molecule is CSC1(c2ccccc2)CCN(C(=O)OC(C)(C)C)CC1. The molecule has 1 aliphatic heterocycles. The van der Waals surface area contributed by atoms with Crippen molar-refractivity contribution in [3.05, 3.63) is 35.9 Å². The fourth-order valence-corrected chi connectivity index (χ4v) is 3.69. The number of benzene rings is 1. The Bertz CT molecular complexity index is 473. The second-order valence-electron chi connectivity index (χ2n) is 6.53. The number of hydrogen-bond donors (Lipinski definition) is 0. The third-order valence-corrected chi connectivity index (χ3v) is 5.34. The summed E-state index contributed by atoms with van der Waals surface area (Å²) in [6.45, 7) is 7.23. The molecule has 0 aliphatic carbocycles. The van der Waals surface area contributed by atoms with E-state index in [1.54, 1.807) is 0 Å². The molecule has 1 fully saturated rings. The van der Waals surface area contributed by atoms with E-state index in [1.807, 2.05) is 43.5 Å². The van der Waals surface area contributed by atoms with Crippen LogP contribution in [0, 0.1) is 0 Å². The van der Waals surface area contributed by atoms with Crippen LogP contribution >= 0.6 is 11.8 Å². The predicted octanol–water partition coefficient (Wildman–Crippen LogP) is 4.28. The van der Waals surface area contributed by atoms with Crippen LogP contribution in [0.25, 0.3) is 0 Å². The van der Waals surface area contributed by atoms with E-state index in [2.05, 4.69) is 30.5 Å². The third-order valence-electron chi connectivity index (χ3n) is 3.91. The molecule has 0 N–H and O–H groups in total. The van der Waals surface area contributed by atoms with E-state index in [0.29, 0.717) is 0 Å². The molecule has 116 valence electrons. The maximum absolute atomic E-state index is 12.1. The molecule has 1 heterocycles. The van der Waals surface area contributed by atoms with Gasteiger partial charge in [0.2, 0.25) is 0 Å². The van der Waals surface area contributed by atoms with Crippen molar-refractivity contribution < 1.29 is 9.53 Å². The third kappa shape index (κ3) is 3.94. The average Bonchev–Trinajstić information content (AvgIpc) is 2.46. The number of rotatable bonds is 2. The first kappa shape index (κ1) is 16.2. The first-order chi connectivity index (χ1) is 9.86. The number of nitrogens with zero attached hydrogens (tertiary/aromatic N) is 1. The van der Waals surface area contributed by atoms with Gasteiger partial charge in [-0.2, -0.15) is 11.8 Å². The smallest absolute Gasteiger partial charge is 0.410 e. The minimum Gasteiger partial charge on any atom is -0.444 e. The number of piperidine rings is 1. The second-order valence-corrected chi connectivity index (χ2v) is 7.72. The van der Waals surface area contributed by atoms with Gasteiger partial charge in [0.15, 0.2) is 0 Å². The van der Waals surface area contributed by atoms with Crippen LogP contribution in [0.2, 0.25) is 0 Å². The molecule has 4 heteroatoms. The molecular weight excluding hydrogens is 282 g/mol. The largest absolute Gasteiger partial charge is 0.444 e. The fourth-order valence-electron chi connectivity index (χ4n) is 2.73. The summed E-state index contributed by atoms with van der Waals surface area (Å²) in [6.07, 6.45) is 3.91. The quantitative estimate of drug-likeness (QED) is 0.817. The highest BCUT2D eigenvalue weighted by Crippen LogP contribution is 2.44. The van der Waals surface area contributed by atoms with Gasteiger partial charge in [-0.15, -0.1) is 0 Å². The van der Waals surface area contributed by atoms with E-state index < -0.39 is 5.60 Å². The minimum atomic E-state index is -0.426. The summed E-state index contributed by atoms with van der Waals surface area (Å²) >= 11 is 1.89. The number of likely N-dealkylation sites (tertiary alicyclic amines) is 1. The Hall–Kier alpha value is -1.16. The van der Waals surface area contributed by atoms with Crippen LogP contribution in [0.3, 0.4) is 0 Å². The number of ether oxygens (including phenoxy) is 1. The molecule has 21 heavy (non-hydrogen) atoms. The van der Waals surface area contributed by atoms with Gasteiger partial charge in [0.05, 0.1) is 0 Å². The lowest BCUT2D eigenvalue weighted by molar-refractivity contribution is 0.0196. The lowest BCUT2D eigenvalue weighted by Crippen LogP contribution is -2.45. The van der Waals surface area contributed by atoms with Crippen LogP contribution < -0.4 is 0 Å². The Morgan fingerprint density at radius 2 is 1.76 bits per heavy atom. The highest BCUT2D eigenvalue weighted by molar-refractivity contribution is 7.99. The average molecular weight is 307 g/mol. The van der Waals surface area contributed by atoms with E-state index in [1.165, 1.54) is 5.56 Å². The van der Waals surface area contributed by atoms with E-state index in [4.69, 9.17) is 4.74 Å². The molecule has 2 rings (SSSR count). The molecule has 0 radical (unpaired) electrons. The molecule has 1 aliphatic rings. The highest BCUT2D eigenvalue weighted by atomic mass is 32.2. The zero-order valence-electron chi connectivity index (χ0n) is 13.4. The first-order valence-corrected chi connectivity index (χ1v) is 8.67. The van der Waals surface area contributed by atoms with E-state index in [-0.39, 0.29) is 10.8 Å². The fraction of sp³-hybridized carbons (Fsp3) is 0.588. The summed E-state index contributed by atoms with van der Waals surface area (Å²) in [4.78, 5) is 14.0. The molecule has 1 saturated heterocycles. The van der Waals surface area contributed by atoms with Crippen molar-refractivity contribution in [2.45, 2.75) is 44.0 Å². The summed E-state index contributed by atoms with van der Waals surface area (Å²) < 4.78 is 5.59. The van der Waals surface area contributed by atoms with E-state index in [0.717, 1.165) is 25.9 Å². The summed E-state index contributed by atoms with van der Waals surface area (Å²) in [6, 6.07) is 10.6. The number of thioether (sulfide) groups is 1. The first-order valence-electron chi connectivity index (χ1n) is 7.45. The lowest BCUT2D eigenvalue weighted by Gasteiger charge is -2.41. The van der Waals surface area contributed by atoms with Crippen molar-refractivity contribution in [2.24, 2.45) is 0 Å². The Labute approximate surface area is 132 Å². The van der Waals surface area contributed by atoms with Crippen LogP contribution in [0.4, 0.5) is 4.79 Å². The van der Waals surface area contributed by atoms with Crippen molar-refractivity contribution in [3.63, 3.8) is 0 Å². The van der Waals surface area contributed by atoms with Gasteiger partial charge in [0.25, 0.3) is 0 Å². The topological polar surface area (TPSA) is 29.5 Å². The van der Waals surface area contributed by atoms with Gasteiger partial charge in [-0.05, 0) is 45.4 Å². The maximum Gasteiger partial charge on any atom is 0.410 e. The maximum atomic E-state index is 12.1. The molecule has 3 nitrogen and oxygen atoms in total. The molecular formula is C17H25NO2S. The number of carbonyl (C=O) groups excluding carboxylic acids is 1. The van der Waals surface area contributed by atoms with Crippen molar-refractivity contribution in [1.29, 1.82) is 0 Å². The predicted molar refractivity (Wildman–Crippen MR) is 88.7 cm³/mol. The van der Waals surface area contributed by atoms with Crippen LogP contribution in [0.1, 0.15) is 39.2 Å². The van der Waals surface area contributed by atoms with Crippen LogP contribution in [0.15, 0.2) is 30.3 Å². The van der Waals surface area contributed by atoms with Crippen molar-refractivity contribution in [1.82, 2.24) is 4.90 Å². The van der Waals surface area contributed by atoms with Crippen molar-refractivity contribution in [2.75, 3.05) is 19.3 Å². The summed E-state index contributed by atoms with van der Waals surface area (Å²) in [5.41, 5.74) is 0.936. The molecule has 0 bridgehead atoms. The van der Waals surface area contributed by atoms with Crippen LogP contribution in [-0.4, -0.2) is 35.9 Å². The van der Waals surface area contributed by atoms with Gasteiger partial charge in [-0.3, -0.25) is 0 Å². The van der Waals surface area contributed by atoms with Crippen molar-refractivity contribution in [3.8, 4) is 0 Å². The molecule has 1 aromatic carbocycles. The van der Waals surface area contributed by atoms with Gasteiger partial charge in [0.1, 0.15) is 5.60 Å². The molecule has 1 aromatic rings. The minimum absolute atomic E-state index is 0.125. The number of hydrogen-bond acceptors (Lipinski definition) is 3. The van der Waals surface area contributed by atoms with Gasteiger partial charge < -0.3 is 9.64 Å². The Balaban J connectivity index is 2.03. The van der Waals surface area contributed by atoms with Gasteiger partial charge in [-0.25, -0.2) is 4.79 Å². The zero-order valence-corrected chi connectivity index (χ0v) is 14.2. The Morgan fingerprint density at radius 1 is 1.19 bits per heavy atom. The molecule has 0 aromatic heterocycles. The van der Waals surface area contributed by atoms with Crippen molar-refractivity contribution >= 4 is 17.9 Å². The van der Waals surface area contributed by atoms with Gasteiger partial charge >= 0.3 is 6.09 Å². The Kier molecular flexibility index (Phi) is 4.87. The number of carbonyl (C=O) groups is 1. The second kappa shape index (κ2) is 6.30.